The largest absolute Gasteiger partial charge is 0.377 e. The van der Waals surface area contributed by atoms with Gasteiger partial charge in [0.1, 0.15) is 0 Å². The first-order valence-corrected chi connectivity index (χ1v) is 5.74. The van der Waals surface area contributed by atoms with E-state index < -0.39 is 0 Å². The molecule has 84 valence electrons. The third-order valence-corrected chi connectivity index (χ3v) is 3.44. The standard InChI is InChI=1S/C11H24N2O/c1-4-9(2)13(3)10(8-12)11-6-5-7-14-11/h9-11H,4-8,12H2,1-3H3. The summed E-state index contributed by atoms with van der Waals surface area (Å²) >= 11 is 0. The maximum atomic E-state index is 5.82. The Balaban J connectivity index is 2.50. The summed E-state index contributed by atoms with van der Waals surface area (Å²) in [6, 6.07) is 0.986. The normalized spacial score (nSPS) is 26.8. The Labute approximate surface area is 87.6 Å². The number of hydrogen-bond acceptors (Lipinski definition) is 3. The first-order valence-electron chi connectivity index (χ1n) is 5.74. The van der Waals surface area contributed by atoms with Gasteiger partial charge >= 0.3 is 0 Å². The van der Waals surface area contributed by atoms with Crippen LogP contribution < -0.4 is 5.73 Å². The van der Waals surface area contributed by atoms with E-state index in [1.807, 2.05) is 0 Å². The van der Waals surface area contributed by atoms with E-state index in [0.29, 0.717) is 24.7 Å². The smallest absolute Gasteiger partial charge is 0.0743 e. The molecule has 1 fully saturated rings. The maximum absolute atomic E-state index is 5.82. The Morgan fingerprint density at radius 2 is 2.29 bits per heavy atom. The Morgan fingerprint density at radius 1 is 1.57 bits per heavy atom. The van der Waals surface area contributed by atoms with Crippen molar-refractivity contribution in [3.8, 4) is 0 Å². The second kappa shape index (κ2) is 5.69. The van der Waals surface area contributed by atoms with Gasteiger partial charge in [0.15, 0.2) is 0 Å². The van der Waals surface area contributed by atoms with Crippen LogP contribution >= 0.6 is 0 Å². The van der Waals surface area contributed by atoms with E-state index >= 15 is 0 Å². The quantitative estimate of drug-likeness (QED) is 0.725. The van der Waals surface area contributed by atoms with E-state index in [2.05, 4.69) is 25.8 Å². The molecule has 0 bridgehead atoms. The second-order valence-corrected chi connectivity index (χ2v) is 4.28. The van der Waals surface area contributed by atoms with Crippen molar-refractivity contribution >= 4 is 0 Å². The van der Waals surface area contributed by atoms with E-state index in [4.69, 9.17) is 10.5 Å². The topological polar surface area (TPSA) is 38.5 Å². The second-order valence-electron chi connectivity index (χ2n) is 4.28. The number of nitrogens with zero attached hydrogens (tertiary/aromatic N) is 1. The van der Waals surface area contributed by atoms with E-state index in [-0.39, 0.29) is 0 Å². The van der Waals surface area contributed by atoms with Crippen LogP contribution in [0.5, 0.6) is 0 Å². The molecule has 0 radical (unpaired) electrons. The van der Waals surface area contributed by atoms with Gasteiger partial charge < -0.3 is 10.5 Å². The van der Waals surface area contributed by atoms with Gasteiger partial charge in [-0.2, -0.15) is 0 Å². The summed E-state index contributed by atoms with van der Waals surface area (Å²) in [6.07, 6.45) is 3.89. The summed E-state index contributed by atoms with van der Waals surface area (Å²) in [5, 5.41) is 0. The molecule has 1 heterocycles. The molecule has 3 atom stereocenters. The summed E-state index contributed by atoms with van der Waals surface area (Å²) in [6.45, 7) is 6.07. The predicted molar refractivity (Wildman–Crippen MR) is 59.3 cm³/mol. The molecule has 0 aromatic heterocycles. The molecule has 0 saturated carbocycles. The van der Waals surface area contributed by atoms with Gasteiger partial charge in [0.25, 0.3) is 0 Å². The molecule has 14 heavy (non-hydrogen) atoms. The average Bonchev–Trinajstić information content (AvgIpc) is 2.71. The van der Waals surface area contributed by atoms with Crippen molar-refractivity contribution in [1.29, 1.82) is 0 Å². The number of hydrogen-bond donors (Lipinski definition) is 1. The zero-order valence-corrected chi connectivity index (χ0v) is 9.70. The molecule has 2 N–H and O–H groups in total. The molecule has 0 aliphatic carbocycles. The lowest BCUT2D eigenvalue weighted by Gasteiger charge is -2.35. The zero-order chi connectivity index (χ0) is 10.6. The predicted octanol–water partition coefficient (Wildman–Crippen LogP) is 1.22. The molecule has 3 unspecified atom stereocenters. The summed E-state index contributed by atoms with van der Waals surface area (Å²) in [4.78, 5) is 2.37. The molecule has 3 nitrogen and oxygen atoms in total. The summed E-state index contributed by atoms with van der Waals surface area (Å²) in [7, 11) is 2.16. The zero-order valence-electron chi connectivity index (χ0n) is 9.70. The molecule has 3 heteroatoms. The van der Waals surface area contributed by atoms with Gasteiger partial charge in [0.2, 0.25) is 0 Å². The van der Waals surface area contributed by atoms with Gasteiger partial charge in [-0.15, -0.1) is 0 Å². The minimum atomic E-state index is 0.360. The van der Waals surface area contributed by atoms with Crippen molar-refractivity contribution in [3.63, 3.8) is 0 Å². The van der Waals surface area contributed by atoms with Crippen molar-refractivity contribution in [3.05, 3.63) is 0 Å². The third-order valence-electron chi connectivity index (χ3n) is 3.44. The number of ether oxygens (including phenoxy) is 1. The van der Waals surface area contributed by atoms with E-state index in [1.54, 1.807) is 0 Å². The SMILES string of the molecule is CCC(C)N(C)C(CN)C1CCCO1. The molecule has 0 amide bonds. The summed E-state index contributed by atoms with van der Waals surface area (Å²) in [5.74, 6) is 0. The number of likely N-dealkylation sites (N-methyl/N-ethyl adjacent to an activating group) is 1. The lowest BCUT2D eigenvalue weighted by atomic mass is 10.0. The number of rotatable bonds is 5. The van der Waals surface area contributed by atoms with Crippen LogP contribution in [0, 0.1) is 0 Å². The monoisotopic (exact) mass is 200 g/mol. The highest BCUT2D eigenvalue weighted by Gasteiger charge is 2.29. The van der Waals surface area contributed by atoms with Crippen molar-refractivity contribution < 1.29 is 4.74 Å². The van der Waals surface area contributed by atoms with Crippen LogP contribution in [0.4, 0.5) is 0 Å². The Bertz CT molecular complexity index is 157. The van der Waals surface area contributed by atoms with Crippen LogP contribution in [0.15, 0.2) is 0 Å². The maximum Gasteiger partial charge on any atom is 0.0743 e. The average molecular weight is 200 g/mol. The Kier molecular flexibility index (Phi) is 4.85. The van der Waals surface area contributed by atoms with Crippen LogP contribution in [-0.2, 0) is 4.74 Å². The first kappa shape index (κ1) is 12.0. The van der Waals surface area contributed by atoms with Gasteiger partial charge in [-0.05, 0) is 33.2 Å². The Hall–Kier alpha value is -0.120. The molecule has 1 saturated heterocycles. The van der Waals surface area contributed by atoms with Crippen LogP contribution in [0.1, 0.15) is 33.1 Å². The fourth-order valence-corrected chi connectivity index (χ4v) is 2.10. The van der Waals surface area contributed by atoms with E-state index in [0.717, 1.165) is 6.61 Å². The molecule has 1 aliphatic heterocycles. The lowest BCUT2D eigenvalue weighted by Crippen LogP contribution is -2.49. The Morgan fingerprint density at radius 3 is 2.71 bits per heavy atom. The summed E-state index contributed by atoms with van der Waals surface area (Å²) in [5.41, 5.74) is 5.82. The number of nitrogens with two attached hydrogens (primary N) is 1. The van der Waals surface area contributed by atoms with Gasteiger partial charge in [-0.3, -0.25) is 4.90 Å². The molecule has 0 aromatic rings. The van der Waals surface area contributed by atoms with E-state index in [9.17, 15) is 0 Å². The van der Waals surface area contributed by atoms with Crippen LogP contribution in [-0.4, -0.2) is 43.3 Å². The van der Waals surface area contributed by atoms with Crippen molar-refractivity contribution in [2.24, 2.45) is 5.73 Å². The molecule has 0 aromatic carbocycles. The third kappa shape index (κ3) is 2.69. The first-order chi connectivity index (χ1) is 6.70. The fraction of sp³-hybridized carbons (Fsp3) is 1.00. The van der Waals surface area contributed by atoms with Crippen LogP contribution in [0.2, 0.25) is 0 Å². The molecule has 1 rings (SSSR count). The minimum absolute atomic E-state index is 0.360. The molecule has 0 spiro atoms. The van der Waals surface area contributed by atoms with Gasteiger partial charge in [-0.25, -0.2) is 0 Å². The van der Waals surface area contributed by atoms with Crippen molar-refractivity contribution in [2.75, 3.05) is 20.2 Å². The highest BCUT2D eigenvalue weighted by molar-refractivity contribution is 4.84. The highest BCUT2D eigenvalue weighted by atomic mass is 16.5. The lowest BCUT2D eigenvalue weighted by molar-refractivity contribution is 0.0233. The van der Waals surface area contributed by atoms with Gasteiger partial charge in [0, 0.05) is 25.2 Å². The van der Waals surface area contributed by atoms with Crippen molar-refractivity contribution in [2.45, 2.75) is 51.3 Å². The fourth-order valence-electron chi connectivity index (χ4n) is 2.10. The summed E-state index contributed by atoms with van der Waals surface area (Å²) < 4.78 is 5.70. The van der Waals surface area contributed by atoms with Crippen molar-refractivity contribution in [1.82, 2.24) is 4.90 Å². The van der Waals surface area contributed by atoms with Gasteiger partial charge in [-0.1, -0.05) is 6.92 Å². The van der Waals surface area contributed by atoms with Crippen LogP contribution in [0.25, 0.3) is 0 Å². The minimum Gasteiger partial charge on any atom is -0.377 e. The van der Waals surface area contributed by atoms with Gasteiger partial charge in [0.05, 0.1) is 6.10 Å². The highest BCUT2D eigenvalue weighted by Crippen LogP contribution is 2.20. The molecular formula is C11H24N2O. The van der Waals surface area contributed by atoms with E-state index in [1.165, 1.54) is 19.3 Å². The molecule has 1 aliphatic rings. The van der Waals surface area contributed by atoms with Crippen LogP contribution in [0.3, 0.4) is 0 Å². The molecular weight excluding hydrogens is 176 g/mol.